The van der Waals surface area contributed by atoms with Crippen molar-refractivity contribution in [3.05, 3.63) is 58.1 Å². The normalized spacial score (nSPS) is 10.6. The molecular formula is C18H20BrNO2. The first-order valence-electron chi connectivity index (χ1n) is 7.25. The van der Waals surface area contributed by atoms with E-state index < -0.39 is 0 Å². The fourth-order valence-corrected chi connectivity index (χ4v) is 2.40. The molecule has 0 aliphatic carbocycles. The van der Waals surface area contributed by atoms with Crippen LogP contribution in [0.5, 0.6) is 5.75 Å². The molecule has 0 bridgehead atoms. The Hall–Kier alpha value is -1.81. The molecule has 22 heavy (non-hydrogen) atoms. The summed E-state index contributed by atoms with van der Waals surface area (Å²) < 4.78 is 6.57. The van der Waals surface area contributed by atoms with Gasteiger partial charge in [-0.1, -0.05) is 48.0 Å². The highest BCUT2D eigenvalue weighted by atomic mass is 79.9. The lowest BCUT2D eigenvalue weighted by atomic mass is 10.0. The second kappa shape index (κ2) is 7.45. The fraction of sp³-hybridized carbons (Fsp3) is 0.278. The Morgan fingerprint density at radius 1 is 1.23 bits per heavy atom. The third-order valence-corrected chi connectivity index (χ3v) is 4.25. The molecule has 2 rings (SSSR count). The molecule has 0 atom stereocenters. The van der Waals surface area contributed by atoms with Crippen molar-refractivity contribution in [2.24, 2.45) is 0 Å². The third-order valence-electron chi connectivity index (χ3n) is 3.36. The van der Waals surface area contributed by atoms with Crippen LogP contribution in [-0.2, 0) is 4.79 Å². The second-order valence-corrected chi connectivity index (χ2v) is 6.34. The number of hydrogen-bond donors (Lipinski definition) is 1. The van der Waals surface area contributed by atoms with Crippen LogP contribution in [0.25, 0.3) is 0 Å². The molecule has 0 fully saturated rings. The highest BCUT2D eigenvalue weighted by Gasteiger charge is 2.10. The number of carbonyl (C=O) groups excluding carboxylic acids is 1. The van der Waals surface area contributed by atoms with Crippen molar-refractivity contribution in [2.75, 3.05) is 11.9 Å². The first kappa shape index (κ1) is 16.6. The maximum Gasteiger partial charge on any atom is 0.262 e. The van der Waals surface area contributed by atoms with Crippen LogP contribution >= 0.6 is 15.9 Å². The van der Waals surface area contributed by atoms with Crippen molar-refractivity contribution in [1.29, 1.82) is 0 Å². The number of nitrogens with one attached hydrogen (secondary N) is 1. The molecule has 0 radical (unpaired) electrons. The van der Waals surface area contributed by atoms with Crippen LogP contribution in [0.15, 0.2) is 46.9 Å². The monoisotopic (exact) mass is 361 g/mol. The van der Waals surface area contributed by atoms with Gasteiger partial charge in [0.1, 0.15) is 5.75 Å². The summed E-state index contributed by atoms with van der Waals surface area (Å²) in [5, 5.41) is 2.91. The molecule has 0 heterocycles. The lowest BCUT2D eigenvalue weighted by molar-refractivity contribution is -0.118. The molecule has 0 spiro atoms. The van der Waals surface area contributed by atoms with Crippen LogP contribution in [0.3, 0.4) is 0 Å². The SMILES string of the molecule is Cc1cc(OCC(=O)Nc2ccccc2C(C)C)ccc1Br. The van der Waals surface area contributed by atoms with Gasteiger partial charge in [-0.2, -0.15) is 0 Å². The maximum absolute atomic E-state index is 12.1. The average molecular weight is 362 g/mol. The highest BCUT2D eigenvalue weighted by molar-refractivity contribution is 9.10. The molecule has 116 valence electrons. The Morgan fingerprint density at radius 3 is 2.64 bits per heavy atom. The molecular weight excluding hydrogens is 342 g/mol. The van der Waals surface area contributed by atoms with Gasteiger partial charge in [0.05, 0.1) is 0 Å². The van der Waals surface area contributed by atoms with Crippen molar-refractivity contribution in [3.63, 3.8) is 0 Å². The van der Waals surface area contributed by atoms with Gasteiger partial charge in [0.15, 0.2) is 6.61 Å². The zero-order valence-corrected chi connectivity index (χ0v) is 14.6. The van der Waals surface area contributed by atoms with Gasteiger partial charge in [-0.3, -0.25) is 4.79 Å². The summed E-state index contributed by atoms with van der Waals surface area (Å²) in [5.74, 6) is 0.883. The van der Waals surface area contributed by atoms with Crippen LogP contribution in [0.2, 0.25) is 0 Å². The number of carbonyl (C=O) groups is 1. The van der Waals surface area contributed by atoms with Crippen LogP contribution in [-0.4, -0.2) is 12.5 Å². The van der Waals surface area contributed by atoms with E-state index in [0.717, 1.165) is 21.3 Å². The molecule has 1 N–H and O–H groups in total. The van der Waals surface area contributed by atoms with Gasteiger partial charge in [-0.05, 0) is 48.2 Å². The minimum Gasteiger partial charge on any atom is -0.484 e. The highest BCUT2D eigenvalue weighted by Crippen LogP contribution is 2.24. The molecule has 2 aromatic rings. The minimum absolute atomic E-state index is 0.00645. The smallest absolute Gasteiger partial charge is 0.262 e. The Labute approximate surface area is 139 Å². The van der Waals surface area contributed by atoms with E-state index in [0.29, 0.717) is 11.7 Å². The van der Waals surface area contributed by atoms with Crippen molar-refractivity contribution in [1.82, 2.24) is 0 Å². The van der Waals surface area contributed by atoms with Gasteiger partial charge in [0, 0.05) is 10.2 Å². The van der Waals surface area contributed by atoms with E-state index in [1.54, 1.807) is 0 Å². The Kier molecular flexibility index (Phi) is 5.61. The summed E-state index contributed by atoms with van der Waals surface area (Å²) in [7, 11) is 0. The zero-order chi connectivity index (χ0) is 16.1. The number of para-hydroxylation sites is 1. The van der Waals surface area contributed by atoms with Gasteiger partial charge in [-0.15, -0.1) is 0 Å². The van der Waals surface area contributed by atoms with Crippen molar-refractivity contribution in [2.45, 2.75) is 26.7 Å². The molecule has 0 saturated heterocycles. The topological polar surface area (TPSA) is 38.3 Å². The van der Waals surface area contributed by atoms with Crippen LogP contribution in [0.1, 0.15) is 30.9 Å². The molecule has 2 aromatic carbocycles. The van der Waals surface area contributed by atoms with E-state index in [4.69, 9.17) is 4.74 Å². The third kappa shape index (κ3) is 4.34. The number of hydrogen-bond acceptors (Lipinski definition) is 2. The number of amides is 1. The van der Waals surface area contributed by atoms with E-state index in [1.165, 1.54) is 0 Å². The Balaban J connectivity index is 1.97. The largest absolute Gasteiger partial charge is 0.484 e. The van der Waals surface area contributed by atoms with Gasteiger partial charge in [-0.25, -0.2) is 0 Å². The van der Waals surface area contributed by atoms with Gasteiger partial charge < -0.3 is 10.1 Å². The number of benzene rings is 2. The lowest BCUT2D eigenvalue weighted by Crippen LogP contribution is -2.21. The molecule has 0 aromatic heterocycles. The van der Waals surface area contributed by atoms with Crippen molar-refractivity contribution < 1.29 is 9.53 Å². The van der Waals surface area contributed by atoms with Crippen LogP contribution in [0, 0.1) is 6.92 Å². The quantitative estimate of drug-likeness (QED) is 0.822. The van der Waals surface area contributed by atoms with E-state index >= 15 is 0 Å². The molecule has 4 heteroatoms. The summed E-state index contributed by atoms with van der Waals surface area (Å²) >= 11 is 3.44. The van der Waals surface area contributed by atoms with Crippen molar-refractivity contribution in [3.8, 4) is 5.75 Å². The molecule has 3 nitrogen and oxygen atoms in total. The number of rotatable bonds is 5. The Morgan fingerprint density at radius 2 is 1.95 bits per heavy atom. The maximum atomic E-state index is 12.1. The second-order valence-electron chi connectivity index (χ2n) is 5.49. The predicted molar refractivity (Wildman–Crippen MR) is 93.5 cm³/mol. The number of halogens is 1. The summed E-state index contributed by atoms with van der Waals surface area (Å²) in [6, 6.07) is 13.5. The summed E-state index contributed by atoms with van der Waals surface area (Å²) in [6.45, 7) is 6.18. The first-order valence-corrected chi connectivity index (χ1v) is 8.04. The Bertz CT molecular complexity index is 668. The standard InChI is InChI=1S/C18H20BrNO2/c1-12(2)15-6-4-5-7-17(15)20-18(21)11-22-14-8-9-16(19)13(3)10-14/h4-10,12H,11H2,1-3H3,(H,20,21). The molecule has 1 amide bonds. The average Bonchev–Trinajstić information content (AvgIpc) is 2.49. The molecule has 0 unspecified atom stereocenters. The minimum atomic E-state index is -0.159. The molecule has 0 aliphatic rings. The summed E-state index contributed by atoms with van der Waals surface area (Å²) in [5.41, 5.74) is 3.04. The van der Waals surface area contributed by atoms with Gasteiger partial charge in [0.25, 0.3) is 5.91 Å². The molecule has 0 aliphatic heterocycles. The van der Waals surface area contributed by atoms with Crippen LogP contribution < -0.4 is 10.1 Å². The van der Waals surface area contributed by atoms with E-state index in [1.807, 2.05) is 49.4 Å². The predicted octanol–water partition coefficient (Wildman–Crippen LogP) is 4.90. The van der Waals surface area contributed by atoms with Gasteiger partial charge in [0.2, 0.25) is 0 Å². The van der Waals surface area contributed by atoms with E-state index in [2.05, 4.69) is 35.1 Å². The number of anilines is 1. The van der Waals surface area contributed by atoms with Gasteiger partial charge >= 0.3 is 0 Å². The summed E-state index contributed by atoms with van der Waals surface area (Å²) in [6.07, 6.45) is 0. The number of aryl methyl sites for hydroxylation is 1. The molecule has 0 saturated carbocycles. The fourth-order valence-electron chi connectivity index (χ4n) is 2.16. The van der Waals surface area contributed by atoms with Crippen LogP contribution in [0.4, 0.5) is 5.69 Å². The van der Waals surface area contributed by atoms with E-state index in [9.17, 15) is 4.79 Å². The van der Waals surface area contributed by atoms with Crippen molar-refractivity contribution >= 4 is 27.5 Å². The lowest BCUT2D eigenvalue weighted by Gasteiger charge is -2.14. The first-order chi connectivity index (χ1) is 10.5. The summed E-state index contributed by atoms with van der Waals surface area (Å²) in [4.78, 5) is 12.1. The zero-order valence-electron chi connectivity index (χ0n) is 13.0. The van der Waals surface area contributed by atoms with E-state index in [-0.39, 0.29) is 12.5 Å². The number of ether oxygens (including phenoxy) is 1.